The summed E-state index contributed by atoms with van der Waals surface area (Å²) in [7, 11) is 0. The van der Waals surface area contributed by atoms with E-state index in [1.807, 2.05) is 0 Å². The molecule has 0 fully saturated rings. The largest absolute Gasteiger partial charge is 0.355 e. The van der Waals surface area contributed by atoms with Gasteiger partial charge in [0.1, 0.15) is 5.82 Å². The topological polar surface area (TPSA) is 99.3 Å². The first-order chi connectivity index (χ1) is 11.0. The molecule has 0 aliphatic heterocycles. The zero-order valence-corrected chi connectivity index (χ0v) is 12.9. The smallest absolute Gasteiger partial charge is 0.314 e. The fraction of sp³-hybridized carbons (Fsp3) is 0.400. The summed E-state index contributed by atoms with van der Waals surface area (Å²) in [5.74, 6) is -1.21. The second-order valence-corrected chi connectivity index (χ2v) is 4.75. The predicted molar refractivity (Wildman–Crippen MR) is 83.4 cm³/mol. The fourth-order valence-electron chi connectivity index (χ4n) is 1.71. The van der Waals surface area contributed by atoms with Crippen LogP contribution in [0.15, 0.2) is 24.3 Å². The molecule has 0 aromatic heterocycles. The first kappa shape index (κ1) is 18.4. The predicted octanol–water partition coefficient (Wildman–Crippen LogP) is 0.381. The third kappa shape index (κ3) is 7.79. The number of amides is 4. The normalized spacial score (nSPS) is 9.83. The van der Waals surface area contributed by atoms with Crippen molar-refractivity contribution in [2.75, 3.05) is 26.2 Å². The highest BCUT2D eigenvalue weighted by molar-refractivity contribution is 5.94. The van der Waals surface area contributed by atoms with E-state index in [9.17, 15) is 18.8 Å². The molecule has 0 bridgehead atoms. The number of carbonyl (C=O) groups is 3. The number of halogens is 1. The molecule has 1 rings (SSSR count). The van der Waals surface area contributed by atoms with Gasteiger partial charge in [0.2, 0.25) is 5.91 Å². The molecule has 8 heteroatoms. The quantitative estimate of drug-likeness (QED) is 0.520. The minimum atomic E-state index is -0.568. The van der Waals surface area contributed by atoms with E-state index in [1.165, 1.54) is 25.1 Å². The number of urea groups is 1. The zero-order valence-electron chi connectivity index (χ0n) is 12.9. The minimum Gasteiger partial charge on any atom is -0.355 e. The van der Waals surface area contributed by atoms with Crippen molar-refractivity contribution in [3.63, 3.8) is 0 Å². The van der Waals surface area contributed by atoms with Gasteiger partial charge in [0.15, 0.2) is 0 Å². The average molecular weight is 324 g/mol. The molecule has 1 aromatic carbocycles. The van der Waals surface area contributed by atoms with Crippen LogP contribution in [-0.4, -0.2) is 44.0 Å². The van der Waals surface area contributed by atoms with E-state index in [0.717, 1.165) is 0 Å². The van der Waals surface area contributed by atoms with Crippen molar-refractivity contribution in [1.82, 2.24) is 21.3 Å². The third-order valence-electron chi connectivity index (χ3n) is 2.83. The Bertz CT molecular complexity index is 551. The summed E-state index contributed by atoms with van der Waals surface area (Å²) in [6, 6.07) is 5.38. The Morgan fingerprint density at radius 3 is 2.22 bits per heavy atom. The number of nitrogens with one attached hydrogen (secondary N) is 4. The Kier molecular flexibility index (Phi) is 8.12. The van der Waals surface area contributed by atoms with Gasteiger partial charge in [-0.05, 0) is 18.6 Å². The van der Waals surface area contributed by atoms with E-state index in [1.54, 1.807) is 6.07 Å². The molecule has 4 N–H and O–H groups in total. The van der Waals surface area contributed by atoms with Crippen LogP contribution in [0, 0.1) is 5.82 Å². The first-order valence-corrected chi connectivity index (χ1v) is 7.29. The molecule has 0 spiro atoms. The molecule has 0 radical (unpaired) electrons. The van der Waals surface area contributed by atoms with E-state index in [2.05, 4.69) is 21.3 Å². The van der Waals surface area contributed by atoms with Crippen LogP contribution in [0.4, 0.5) is 9.18 Å². The lowest BCUT2D eigenvalue weighted by Crippen LogP contribution is -2.40. The molecule has 0 saturated heterocycles. The SMILES string of the molecule is CC(=O)NCCNC(=O)NCCCNC(=O)c1ccccc1F. The van der Waals surface area contributed by atoms with Gasteiger partial charge in [-0.2, -0.15) is 0 Å². The third-order valence-corrected chi connectivity index (χ3v) is 2.83. The van der Waals surface area contributed by atoms with Crippen LogP contribution >= 0.6 is 0 Å². The monoisotopic (exact) mass is 324 g/mol. The number of carbonyl (C=O) groups excluding carboxylic acids is 3. The molecule has 0 saturated carbocycles. The van der Waals surface area contributed by atoms with E-state index in [0.29, 0.717) is 32.6 Å². The van der Waals surface area contributed by atoms with Gasteiger partial charge in [-0.25, -0.2) is 9.18 Å². The lowest BCUT2D eigenvalue weighted by Gasteiger charge is -2.09. The molecule has 0 atom stereocenters. The van der Waals surface area contributed by atoms with E-state index in [-0.39, 0.29) is 17.5 Å². The van der Waals surface area contributed by atoms with E-state index >= 15 is 0 Å². The zero-order chi connectivity index (χ0) is 17.1. The highest BCUT2D eigenvalue weighted by Gasteiger charge is 2.09. The van der Waals surface area contributed by atoms with Gasteiger partial charge in [-0.3, -0.25) is 9.59 Å². The summed E-state index contributed by atoms with van der Waals surface area (Å²) in [5.41, 5.74) is -0.00354. The summed E-state index contributed by atoms with van der Waals surface area (Å²) >= 11 is 0. The van der Waals surface area contributed by atoms with Gasteiger partial charge in [0.25, 0.3) is 5.91 Å². The van der Waals surface area contributed by atoms with Crippen molar-refractivity contribution in [2.45, 2.75) is 13.3 Å². The lowest BCUT2D eigenvalue weighted by molar-refractivity contribution is -0.118. The van der Waals surface area contributed by atoms with Gasteiger partial charge in [-0.15, -0.1) is 0 Å². The lowest BCUT2D eigenvalue weighted by atomic mass is 10.2. The van der Waals surface area contributed by atoms with E-state index in [4.69, 9.17) is 0 Å². The van der Waals surface area contributed by atoms with Crippen LogP contribution in [0.25, 0.3) is 0 Å². The molecule has 7 nitrogen and oxygen atoms in total. The van der Waals surface area contributed by atoms with Crippen molar-refractivity contribution in [1.29, 1.82) is 0 Å². The molecule has 4 amide bonds. The molecule has 0 aliphatic carbocycles. The molecule has 23 heavy (non-hydrogen) atoms. The summed E-state index contributed by atoms with van der Waals surface area (Å²) < 4.78 is 13.4. The highest BCUT2D eigenvalue weighted by atomic mass is 19.1. The maximum absolute atomic E-state index is 13.4. The maximum atomic E-state index is 13.4. The second-order valence-electron chi connectivity index (χ2n) is 4.75. The Morgan fingerprint density at radius 1 is 0.913 bits per heavy atom. The number of hydrogen-bond acceptors (Lipinski definition) is 3. The molecule has 126 valence electrons. The van der Waals surface area contributed by atoms with Gasteiger partial charge in [-0.1, -0.05) is 12.1 Å². The van der Waals surface area contributed by atoms with Crippen LogP contribution in [0.1, 0.15) is 23.7 Å². The van der Waals surface area contributed by atoms with Crippen LogP contribution < -0.4 is 21.3 Å². The molecule has 0 aliphatic rings. The van der Waals surface area contributed by atoms with Crippen molar-refractivity contribution in [2.24, 2.45) is 0 Å². The first-order valence-electron chi connectivity index (χ1n) is 7.29. The van der Waals surface area contributed by atoms with Crippen LogP contribution in [0.2, 0.25) is 0 Å². The minimum absolute atomic E-state index is 0.00354. The average Bonchev–Trinajstić information content (AvgIpc) is 2.51. The van der Waals surface area contributed by atoms with Crippen LogP contribution in [-0.2, 0) is 4.79 Å². The standard InChI is InChI=1S/C15H21FN4O3/c1-11(21)17-9-10-20-15(23)19-8-4-7-18-14(22)12-5-2-3-6-13(12)16/h2-3,5-6H,4,7-10H2,1H3,(H,17,21)(H,18,22)(H2,19,20,23). The Labute approximate surface area is 134 Å². The van der Waals surface area contributed by atoms with Crippen molar-refractivity contribution in [3.05, 3.63) is 35.6 Å². The van der Waals surface area contributed by atoms with Gasteiger partial charge in [0, 0.05) is 33.1 Å². The molecule has 0 heterocycles. The summed E-state index contributed by atoms with van der Waals surface area (Å²) in [6.07, 6.45) is 0.513. The Hall–Kier alpha value is -2.64. The van der Waals surface area contributed by atoms with Crippen LogP contribution in [0.5, 0.6) is 0 Å². The van der Waals surface area contributed by atoms with Crippen molar-refractivity contribution in [3.8, 4) is 0 Å². The molecule has 0 unspecified atom stereocenters. The van der Waals surface area contributed by atoms with Gasteiger partial charge < -0.3 is 21.3 Å². The second kappa shape index (κ2) is 10.1. The molecular weight excluding hydrogens is 303 g/mol. The van der Waals surface area contributed by atoms with Gasteiger partial charge >= 0.3 is 6.03 Å². The number of rotatable bonds is 8. The Balaban J connectivity index is 2.09. The Morgan fingerprint density at radius 2 is 1.52 bits per heavy atom. The van der Waals surface area contributed by atoms with Crippen molar-refractivity contribution >= 4 is 17.8 Å². The summed E-state index contributed by atoms with van der Waals surface area (Å²) in [5, 5.41) is 10.3. The van der Waals surface area contributed by atoms with Crippen LogP contribution in [0.3, 0.4) is 0 Å². The summed E-state index contributed by atoms with van der Waals surface area (Å²) in [6.45, 7) is 2.77. The number of benzene rings is 1. The fourth-order valence-corrected chi connectivity index (χ4v) is 1.71. The highest BCUT2D eigenvalue weighted by Crippen LogP contribution is 2.05. The summed E-state index contributed by atoms with van der Waals surface area (Å²) in [4.78, 5) is 33.7. The van der Waals surface area contributed by atoms with Gasteiger partial charge in [0.05, 0.1) is 5.56 Å². The number of hydrogen-bond donors (Lipinski definition) is 4. The van der Waals surface area contributed by atoms with Crippen molar-refractivity contribution < 1.29 is 18.8 Å². The molecule has 1 aromatic rings. The van der Waals surface area contributed by atoms with E-state index < -0.39 is 11.7 Å². The molecular formula is C15H21FN4O3. The maximum Gasteiger partial charge on any atom is 0.314 e.